The smallest absolute Gasteiger partial charge is 0.0178 e. The summed E-state index contributed by atoms with van der Waals surface area (Å²) >= 11 is 5.52. The van der Waals surface area contributed by atoms with Crippen LogP contribution in [0, 0.1) is 5.92 Å². The number of nitrogens with one attached hydrogen (secondary N) is 1. The maximum atomic E-state index is 3.61. The molecule has 0 spiro atoms. The standard InChI is InChI=1S/C16H26BrNS/c1-13(2)11-18-12-15(7-5-9-19-3)14-6-4-8-16(17)10-14/h4,6,8,10,13,15,18H,5,7,9,11-12H2,1-3H3. The lowest BCUT2D eigenvalue weighted by molar-refractivity contribution is 0.498. The topological polar surface area (TPSA) is 12.0 Å². The highest BCUT2D eigenvalue weighted by Gasteiger charge is 2.11. The fourth-order valence-corrected chi connectivity index (χ4v) is 3.04. The fraction of sp³-hybridized carbons (Fsp3) is 0.625. The van der Waals surface area contributed by atoms with Crippen molar-refractivity contribution in [1.82, 2.24) is 5.32 Å². The molecule has 0 fully saturated rings. The lowest BCUT2D eigenvalue weighted by Gasteiger charge is -2.19. The van der Waals surface area contributed by atoms with Crippen molar-refractivity contribution in [1.29, 1.82) is 0 Å². The predicted octanol–water partition coefficient (Wildman–Crippen LogP) is 4.92. The average molecular weight is 344 g/mol. The van der Waals surface area contributed by atoms with E-state index in [1.54, 1.807) is 0 Å². The summed E-state index contributed by atoms with van der Waals surface area (Å²) in [7, 11) is 0. The molecule has 1 atom stereocenters. The van der Waals surface area contributed by atoms with Crippen molar-refractivity contribution in [3.8, 4) is 0 Å². The summed E-state index contributed by atoms with van der Waals surface area (Å²) in [5.41, 5.74) is 1.45. The van der Waals surface area contributed by atoms with Gasteiger partial charge in [-0.2, -0.15) is 11.8 Å². The van der Waals surface area contributed by atoms with Crippen LogP contribution in [-0.2, 0) is 0 Å². The number of hydrogen-bond donors (Lipinski definition) is 1. The first-order valence-corrected chi connectivity index (χ1v) is 9.27. The number of hydrogen-bond acceptors (Lipinski definition) is 2. The molecule has 0 aliphatic heterocycles. The molecule has 0 saturated carbocycles. The summed E-state index contributed by atoms with van der Waals surface area (Å²) in [5.74, 6) is 2.60. The van der Waals surface area contributed by atoms with Crippen molar-refractivity contribution in [3.63, 3.8) is 0 Å². The number of halogens is 1. The monoisotopic (exact) mass is 343 g/mol. The Kier molecular flexibility index (Phi) is 8.84. The van der Waals surface area contributed by atoms with Gasteiger partial charge in [-0.3, -0.25) is 0 Å². The summed E-state index contributed by atoms with van der Waals surface area (Å²) < 4.78 is 1.18. The van der Waals surface area contributed by atoms with E-state index in [1.807, 2.05) is 11.8 Å². The Morgan fingerprint density at radius 2 is 2.05 bits per heavy atom. The van der Waals surface area contributed by atoms with Gasteiger partial charge in [0.05, 0.1) is 0 Å². The Labute approximate surface area is 131 Å². The van der Waals surface area contributed by atoms with Crippen LogP contribution in [0.15, 0.2) is 28.7 Å². The van der Waals surface area contributed by atoms with Crippen LogP contribution in [0.25, 0.3) is 0 Å². The third-order valence-electron chi connectivity index (χ3n) is 3.16. The summed E-state index contributed by atoms with van der Waals surface area (Å²) in [6.07, 6.45) is 4.75. The van der Waals surface area contributed by atoms with Crippen molar-refractivity contribution in [2.24, 2.45) is 5.92 Å². The van der Waals surface area contributed by atoms with E-state index < -0.39 is 0 Å². The van der Waals surface area contributed by atoms with Crippen molar-refractivity contribution in [3.05, 3.63) is 34.3 Å². The Morgan fingerprint density at radius 1 is 1.26 bits per heavy atom. The van der Waals surface area contributed by atoms with Gasteiger partial charge in [-0.25, -0.2) is 0 Å². The first-order chi connectivity index (χ1) is 9.13. The normalized spacial score (nSPS) is 12.9. The van der Waals surface area contributed by atoms with Crippen LogP contribution >= 0.6 is 27.7 Å². The number of benzene rings is 1. The van der Waals surface area contributed by atoms with Gasteiger partial charge in [-0.15, -0.1) is 0 Å². The highest BCUT2D eigenvalue weighted by molar-refractivity contribution is 9.10. The second-order valence-corrected chi connectivity index (χ2v) is 7.34. The van der Waals surface area contributed by atoms with E-state index in [0.717, 1.165) is 13.1 Å². The molecule has 0 bridgehead atoms. The third-order valence-corrected chi connectivity index (χ3v) is 4.35. The minimum atomic E-state index is 0.628. The van der Waals surface area contributed by atoms with E-state index in [2.05, 4.69) is 65.6 Å². The van der Waals surface area contributed by atoms with Crippen molar-refractivity contribution in [2.45, 2.75) is 32.6 Å². The van der Waals surface area contributed by atoms with Gasteiger partial charge in [-0.1, -0.05) is 41.9 Å². The highest BCUT2D eigenvalue weighted by Crippen LogP contribution is 2.24. The third kappa shape index (κ3) is 7.38. The van der Waals surface area contributed by atoms with E-state index in [1.165, 1.54) is 28.6 Å². The molecule has 108 valence electrons. The van der Waals surface area contributed by atoms with Crippen LogP contribution in [0.2, 0.25) is 0 Å². The zero-order valence-corrected chi connectivity index (χ0v) is 14.7. The van der Waals surface area contributed by atoms with Crippen LogP contribution in [0.3, 0.4) is 0 Å². The summed E-state index contributed by atoms with van der Waals surface area (Å²) in [6.45, 7) is 6.71. The van der Waals surface area contributed by atoms with Gasteiger partial charge < -0.3 is 5.32 Å². The van der Waals surface area contributed by atoms with Gasteiger partial charge in [0.25, 0.3) is 0 Å². The molecule has 19 heavy (non-hydrogen) atoms. The summed E-state index contributed by atoms with van der Waals surface area (Å²) in [6, 6.07) is 8.76. The lowest BCUT2D eigenvalue weighted by Crippen LogP contribution is -2.25. The second kappa shape index (κ2) is 9.84. The van der Waals surface area contributed by atoms with E-state index in [9.17, 15) is 0 Å². The zero-order valence-electron chi connectivity index (χ0n) is 12.3. The van der Waals surface area contributed by atoms with Crippen molar-refractivity contribution >= 4 is 27.7 Å². The van der Waals surface area contributed by atoms with E-state index in [0.29, 0.717) is 11.8 Å². The van der Waals surface area contributed by atoms with Gasteiger partial charge in [0.2, 0.25) is 0 Å². The Bertz CT molecular complexity index is 354. The Morgan fingerprint density at radius 3 is 2.68 bits per heavy atom. The van der Waals surface area contributed by atoms with Gasteiger partial charge >= 0.3 is 0 Å². The highest BCUT2D eigenvalue weighted by atomic mass is 79.9. The molecular weight excluding hydrogens is 318 g/mol. The quantitative estimate of drug-likeness (QED) is 0.638. The van der Waals surface area contributed by atoms with Crippen molar-refractivity contribution in [2.75, 3.05) is 25.1 Å². The molecule has 0 saturated heterocycles. The van der Waals surface area contributed by atoms with E-state index in [-0.39, 0.29) is 0 Å². The SMILES string of the molecule is CSCCCC(CNCC(C)C)c1cccc(Br)c1. The zero-order chi connectivity index (χ0) is 14.1. The minimum Gasteiger partial charge on any atom is -0.316 e. The van der Waals surface area contributed by atoms with Crippen LogP contribution in [0.5, 0.6) is 0 Å². The van der Waals surface area contributed by atoms with E-state index in [4.69, 9.17) is 0 Å². The number of thioether (sulfide) groups is 1. The maximum absolute atomic E-state index is 3.61. The van der Waals surface area contributed by atoms with E-state index >= 15 is 0 Å². The minimum absolute atomic E-state index is 0.628. The number of rotatable bonds is 9. The molecule has 0 aromatic heterocycles. The molecule has 1 rings (SSSR count). The lowest BCUT2D eigenvalue weighted by atomic mass is 9.94. The molecule has 3 heteroatoms. The summed E-state index contributed by atoms with van der Waals surface area (Å²) in [5, 5.41) is 3.61. The second-order valence-electron chi connectivity index (χ2n) is 5.44. The molecule has 1 N–H and O–H groups in total. The van der Waals surface area contributed by atoms with Crippen molar-refractivity contribution < 1.29 is 0 Å². The summed E-state index contributed by atoms with van der Waals surface area (Å²) in [4.78, 5) is 0. The van der Waals surface area contributed by atoms with Gasteiger partial charge in [0.15, 0.2) is 0 Å². The average Bonchev–Trinajstić information content (AvgIpc) is 2.37. The molecule has 1 aromatic rings. The molecular formula is C16H26BrNS. The first kappa shape index (κ1) is 17.1. The molecule has 0 radical (unpaired) electrons. The van der Waals surface area contributed by atoms with Gasteiger partial charge in [-0.05, 0) is 60.9 Å². The molecule has 1 nitrogen and oxygen atoms in total. The molecule has 0 aliphatic carbocycles. The molecule has 0 aliphatic rings. The Balaban J connectivity index is 2.57. The van der Waals surface area contributed by atoms with Crippen LogP contribution in [-0.4, -0.2) is 25.1 Å². The maximum Gasteiger partial charge on any atom is 0.0178 e. The fourth-order valence-electron chi connectivity index (χ4n) is 2.17. The van der Waals surface area contributed by atoms with Crippen LogP contribution in [0.4, 0.5) is 0 Å². The molecule has 1 aromatic carbocycles. The van der Waals surface area contributed by atoms with Crippen LogP contribution in [0.1, 0.15) is 38.2 Å². The van der Waals surface area contributed by atoms with Gasteiger partial charge in [0.1, 0.15) is 0 Å². The molecule has 0 amide bonds. The predicted molar refractivity (Wildman–Crippen MR) is 92.2 cm³/mol. The van der Waals surface area contributed by atoms with Gasteiger partial charge in [0, 0.05) is 11.0 Å². The Hall–Kier alpha value is 0.01000. The first-order valence-electron chi connectivity index (χ1n) is 7.08. The van der Waals surface area contributed by atoms with Crippen LogP contribution < -0.4 is 5.32 Å². The largest absolute Gasteiger partial charge is 0.316 e. The molecule has 1 unspecified atom stereocenters. The molecule has 0 heterocycles.